The summed E-state index contributed by atoms with van der Waals surface area (Å²) in [6, 6.07) is 16.2. The summed E-state index contributed by atoms with van der Waals surface area (Å²) in [6.45, 7) is 2.82. The van der Waals surface area contributed by atoms with Gasteiger partial charge in [0.15, 0.2) is 11.5 Å². The summed E-state index contributed by atoms with van der Waals surface area (Å²) >= 11 is 0. The van der Waals surface area contributed by atoms with E-state index in [9.17, 15) is 4.79 Å². The van der Waals surface area contributed by atoms with Crippen LogP contribution in [-0.4, -0.2) is 24.8 Å². The maximum Gasteiger partial charge on any atom is 0.277 e. The minimum Gasteiger partial charge on any atom is -0.497 e. The van der Waals surface area contributed by atoms with E-state index in [4.69, 9.17) is 14.0 Å². The number of methoxy groups -OCH3 is 1. The standard InChI is InChI=1S/C21H22N2O4/c1-3-4-12-26-17-10-8-15(9-11-17)20-14-19(23-27-20)21(24)22-16-6-5-7-18(13-16)25-2/h5-11,13-14H,3-4,12H2,1-2H3,(H,22,24). The van der Waals surface area contributed by atoms with Gasteiger partial charge in [-0.3, -0.25) is 4.79 Å². The molecule has 1 aromatic heterocycles. The number of unbranched alkanes of at least 4 members (excludes halogenated alkanes) is 1. The van der Waals surface area contributed by atoms with Crippen molar-refractivity contribution in [2.75, 3.05) is 19.0 Å². The topological polar surface area (TPSA) is 73.6 Å². The lowest BCUT2D eigenvalue weighted by Crippen LogP contribution is -2.12. The van der Waals surface area contributed by atoms with Gasteiger partial charge in [0.25, 0.3) is 5.91 Å². The first-order valence-corrected chi connectivity index (χ1v) is 8.85. The van der Waals surface area contributed by atoms with Crippen molar-refractivity contribution < 1.29 is 18.8 Å². The van der Waals surface area contributed by atoms with Crippen LogP contribution in [0.1, 0.15) is 30.3 Å². The predicted octanol–water partition coefficient (Wildman–Crippen LogP) is 4.78. The van der Waals surface area contributed by atoms with E-state index in [0.29, 0.717) is 23.8 Å². The SMILES string of the molecule is CCCCOc1ccc(-c2cc(C(=O)Nc3cccc(OC)c3)no2)cc1. The number of amides is 1. The first-order chi connectivity index (χ1) is 13.2. The van der Waals surface area contributed by atoms with E-state index in [0.717, 1.165) is 24.2 Å². The Balaban J connectivity index is 1.65. The molecule has 3 rings (SSSR count). The molecule has 6 nitrogen and oxygen atoms in total. The van der Waals surface area contributed by atoms with Gasteiger partial charge >= 0.3 is 0 Å². The van der Waals surface area contributed by atoms with E-state index in [2.05, 4.69) is 17.4 Å². The van der Waals surface area contributed by atoms with Gasteiger partial charge in [0.1, 0.15) is 11.5 Å². The van der Waals surface area contributed by atoms with Gasteiger partial charge in [-0.2, -0.15) is 0 Å². The molecule has 1 heterocycles. The highest BCUT2D eigenvalue weighted by Gasteiger charge is 2.14. The number of anilines is 1. The van der Waals surface area contributed by atoms with Gasteiger partial charge in [-0.15, -0.1) is 0 Å². The van der Waals surface area contributed by atoms with Gasteiger partial charge in [0.05, 0.1) is 13.7 Å². The Kier molecular flexibility index (Phi) is 6.10. The minimum atomic E-state index is -0.349. The number of ether oxygens (including phenoxy) is 2. The van der Waals surface area contributed by atoms with Gasteiger partial charge in [0, 0.05) is 23.4 Å². The van der Waals surface area contributed by atoms with Crippen LogP contribution in [0.3, 0.4) is 0 Å². The molecule has 140 valence electrons. The van der Waals surface area contributed by atoms with E-state index in [1.54, 1.807) is 37.4 Å². The van der Waals surface area contributed by atoms with Crippen molar-refractivity contribution in [1.29, 1.82) is 0 Å². The molecule has 27 heavy (non-hydrogen) atoms. The van der Waals surface area contributed by atoms with Crippen LogP contribution in [0.2, 0.25) is 0 Å². The summed E-state index contributed by atoms with van der Waals surface area (Å²) in [4.78, 5) is 12.4. The minimum absolute atomic E-state index is 0.205. The van der Waals surface area contributed by atoms with Crippen molar-refractivity contribution in [2.45, 2.75) is 19.8 Å². The van der Waals surface area contributed by atoms with E-state index in [-0.39, 0.29) is 11.6 Å². The molecule has 0 atom stereocenters. The van der Waals surface area contributed by atoms with Gasteiger partial charge in [-0.25, -0.2) is 0 Å². The molecule has 0 radical (unpaired) electrons. The molecule has 1 N–H and O–H groups in total. The fraction of sp³-hybridized carbons (Fsp3) is 0.238. The number of carbonyl (C=O) groups is 1. The van der Waals surface area contributed by atoms with Crippen LogP contribution in [0, 0.1) is 0 Å². The van der Waals surface area contributed by atoms with Crippen LogP contribution in [0.5, 0.6) is 11.5 Å². The third-order valence-corrected chi connectivity index (χ3v) is 3.98. The summed E-state index contributed by atoms with van der Waals surface area (Å²) in [5, 5.41) is 6.64. The molecule has 2 aromatic carbocycles. The van der Waals surface area contributed by atoms with Crippen LogP contribution in [0.4, 0.5) is 5.69 Å². The fourth-order valence-corrected chi connectivity index (χ4v) is 2.46. The number of nitrogens with zero attached hydrogens (tertiary/aromatic N) is 1. The van der Waals surface area contributed by atoms with Crippen LogP contribution >= 0.6 is 0 Å². The molecule has 0 fully saturated rings. The smallest absolute Gasteiger partial charge is 0.277 e. The second-order valence-corrected chi connectivity index (χ2v) is 5.99. The average molecular weight is 366 g/mol. The van der Waals surface area contributed by atoms with Crippen LogP contribution in [-0.2, 0) is 0 Å². The van der Waals surface area contributed by atoms with Gasteiger partial charge in [-0.05, 0) is 42.8 Å². The van der Waals surface area contributed by atoms with Crippen molar-refractivity contribution in [3.63, 3.8) is 0 Å². The molecule has 0 unspecified atom stereocenters. The van der Waals surface area contributed by atoms with Gasteiger partial charge in [-0.1, -0.05) is 24.6 Å². The van der Waals surface area contributed by atoms with Crippen LogP contribution < -0.4 is 14.8 Å². The number of carbonyl (C=O) groups excluding carboxylic acids is 1. The van der Waals surface area contributed by atoms with E-state index < -0.39 is 0 Å². The Labute approximate surface area is 158 Å². The third kappa shape index (κ3) is 4.88. The lowest BCUT2D eigenvalue weighted by molar-refractivity contribution is 0.101. The average Bonchev–Trinajstić information content (AvgIpc) is 3.19. The Bertz CT molecular complexity index is 887. The normalized spacial score (nSPS) is 10.4. The second-order valence-electron chi connectivity index (χ2n) is 5.99. The molecule has 3 aromatic rings. The summed E-state index contributed by atoms with van der Waals surface area (Å²) < 4.78 is 16.1. The quantitative estimate of drug-likeness (QED) is 0.581. The third-order valence-electron chi connectivity index (χ3n) is 3.98. The number of aromatic nitrogens is 1. The Morgan fingerprint density at radius 2 is 1.93 bits per heavy atom. The summed E-state index contributed by atoms with van der Waals surface area (Å²) in [7, 11) is 1.57. The molecule has 1 amide bonds. The van der Waals surface area contributed by atoms with Crippen LogP contribution in [0.25, 0.3) is 11.3 Å². The molecule has 0 aliphatic rings. The van der Waals surface area contributed by atoms with Crippen molar-refractivity contribution in [3.8, 4) is 22.8 Å². The number of hydrogen-bond acceptors (Lipinski definition) is 5. The number of nitrogens with one attached hydrogen (secondary N) is 1. The predicted molar refractivity (Wildman–Crippen MR) is 103 cm³/mol. The zero-order valence-electron chi connectivity index (χ0n) is 15.4. The number of hydrogen-bond donors (Lipinski definition) is 1. The first-order valence-electron chi connectivity index (χ1n) is 8.85. The van der Waals surface area contributed by atoms with Crippen molar-refractivity contribution in [2.24, 2.45) is 0 Å². The molecule has 0 saturated carbocycles. The second kappa shape index (κ2) is 8.89. The Morgan fingerprint density at radius 1 is 1.11 bits per heavy atom. The zero-order valence-corrected chi connectivity index (χ0v) is 15.4. The maximum atomic E-state index is 12.4. The number of benzene rings is 2. The summed E-state index contributed by atoms with van der Waals surface area (Å²) in [6.07, 6.45) is 2.12. The summed E-state index contributed by atoms with van der Waals surface area (Å²) in [5.74, 6) is 1.64. The highest BCUT2D eigenvalue weighted by molar-refractivity contribution is 6.03. The monoisotopic (exact) mass is 366 g/mol. The highest BCUT2D eigenvalue weighted by atomic mass is 16.5. The lowest BCUT2D eigenvalue weighted by atomic mass is 10.1. The van der Waals surface area contributed by atoms with Gasteiger partial charge < -0.3 is 19.3 Å². The highest BCUT2D eigenvalue weighted by Crippen LogP contribution is 2.24. The van der Waals surface area contributed by atoms with Crippen molar-refractivity contribution in [3.05, 3.63) is 60.3 Å². The molecule has 0 bridgehead atoms. The maximum absolute atomic E-state index is 12.4. The Hall–Kier alpha value is -3.28. The summed E-state index contributed by atoms with van der Waals surface area (Å²) in [5.41, 5.74) is 1.65. The molecule has 0 saturated heterocycles. The lowest BCUT2D eigenvalue weighted by Gasteiger charge is -2.05. The van der Waals surface area contributed by atoms with Crippen molar-refractivity contribution >= 4 is 11.6 Å². The molecular formula is C21H22N2O4. The largest absolute Gasteiger partial charge is 0.497 e. The van der Waals surface area contributed by atoms with Crippen LogP contribution in [0.15, 0.2) is 59.1 Å². The van der Waals surface area contributed by atoms with E-state index in [1.165, 1.54) is 0 Å². The van der Waals surface area contributed by atoms with E-state index in [1.807, 2.05) is 24.3 Å². The van der Waals surface area contributed by atoms with Gasteiger partial charge in [0.2, 0.25) is 0 Å². The van der Waals surface area contributed by atoms with Crippen molar-refractivity contribution in [1.82, 2.24) is 5.16 Å². The fourth-order valence-electron chi connectivity index (χ4n) is 2.46. The molecular weight excluding hydrogens is 344 g/mol. The number of rotatable bonds is 8. The van der Waals surface area contributed by atoms with E-state index >= 15 is 0 Å². The molecule has 0 aliphatic heterocycles. The Morgan fingerprint density at radius 3 is 2.67 bits per heavy atom. The zero-order chi connectivity index (χ0) is 19.1. The molecule has 6 heteroatoms. The molecule has 0 aliphatic carbocycles. The molecule has 0 spiro atoms. The first kappa shape index (κ1) is 18.5.